The van der Waals surface area contributed by atoms with Gasteiger partial charge in [0.15, 0.2) is 0 Å². The minimum Gasteiger partial charge on any atom is -0.461 e. The summed E-state index contributed by atoms with van der Waals surface area (Å²) in [7, 11) is 0. The van der Waals surface area contributed by atoms with Crippen LogP contribution in [-0.4, -0.2) is 17.6 Å². The van der Waals surface area contributed by atoms with Gasteiger partial charge in [0.2, 0.25) is 0 Å². The lowest BCUT2D eigenvalue weighted by atomic mass is 9.87. The van der Waals surface area contributed by atoms with E-state index >= 15 is 0 Å². The van der Waals surface area contributed by atoms with Crippen LogP contribution < -0.4 is 5.73 Å². The number of hydrogen-bond acceptors (Lipinski definition) is 3. The predicted octanol–water partition coefficient (Wildman–Crippen LogP) is 2.38. The van der Waals surface area contributed by atoms with Gasteiger partial charge >= 0.3 is 5.97 Å². The maximum atomic E-state index is 12.0. The highest BCUT2D eigenvalue weighted by atomic mass is 16.5. The van der Waals surface area contributed by atoms with E-state index < -0.39 is 5.54 Å². The molecular weight excluding hydrogens is 202 g/mol. The summed E-state index contributed by atoms with van der Waals surface area (Å²) < 4.78 is 5.63. The molecule has 3 nitrogen and oxygen atoms in total. The Kier molecular flexibility index (Phi) is 3.53. The Morgan fingerprint density at radius 3 is 2.44 bits per heavy atom. The van der Waals surface area contributed by atoms with E-state index in [1.54, 1.807) is 0 Å². The maximum absolute atomic E-state index is 12.0. The Hall–Kier alpha value is -0.570. The Bertz CT molecular complexity index is 259. The second-order valence-electron chi connectivity index (χ2n) is 5.57. The van der Waals surface area contributed by atoms with E-state index in [0.29, 0.717) is 5.92 Å². The molecule has 0 amide bonds. The number of rotatable bonds is 2. The maximum Gasteiger partial charge on any atom is 0.326 e. The fraction of sp³-hybridized carbons (Fsp3) is 0.923. The van der Waals surface area contributed by atoms with Gasteiger partial charge in [-0.05, 0) is 38.0 Å². The van der Waals surface area contributed by atoms with Gasteiger partial charge in [-0.1, -0.05) is 26.2 Å². The molecule has 16 heavy (non-hydrogen) atoms. The molecule has 2 aliphatic rings. The number of nitrogens with two attached hydrogens (primary N) is 1. The summed E-state index contributed by atoms with van der Waals surface area (Å²) in [6, 6.07) is 0. The lowest BCUT2D eigenvalue weighted by Crippen LogP contribution is -2.48. The van der Waals surface area contributed by atoms with Gasteiger partial charge in [0.1, 0.15) is 11.6 Å². The van der Waals surface area contributed by atoms with Gasteiger partial charge in [-0.15, -0.1) is 0 Å². The van der Waals surface area contributed by atoms with Gasteiger partial charge in [-0.3, -0.25) is 4.79 Å². The van der Waals surface area contributed by atoms with Crippen molar-refractivity contribution in [3.8, 4) is 0 Å². The van der Waals surface area contributed by atoms with Crippen LogP contribution in [0.3, 0.4) is 0 Å². The van der Waals surface area contributed by atoms with Crippen molar-refractivity contribution in [2.75, 3.05) is 0 Å². The summed E-state index contributed by atoms with van der Waals surface area (Å²) >= 11 is 0. The lowest BCUT2D eigenvalue weighted by molar-refractivity contribution is -0.159. The van der Waals surface area contributed by atoms with E-state index in [4.69, 9.17) is 10.5 Å². The van der Waals surface area contributed by atoms with Gasteiger partial charge in [0, 0.05) is 0 Å². The molecule has 2 saturated carbocycles. The molecule has 0 bridgehead atoms. The van der Waals surface area contributed by atoms with E-state index in [1.807, 2.05) is 0 Å². The van der Waals surface area contributed by atoms with Gasteiger partial charge < -0.3 is 10.5 Å². The number of carbonyl (C=O) groups is 1. The van der Waals surface area contributed by atoms with Crippen LogP contribution in [0.2, 0.25) is 0 Å². The van der Waals surface area contributed by atoms with Crippen molar-refractivity contribution in [1.29, 1.82) is 0 Å². The van der Waals surface area contributed by atoms with E-state index in [-0.39, 0.29) is 12.1 Å². The first kappa shape index (κ1) is 11.9. The topological polar surface area (TPSA) is 52.3 Å². The zero-order valence-electron chi connectivity index (χ0n) is 10.2. The van der Waals surface area contributed by atoms with E-state index in [0.717, 1.165) is 32.1 Å². The molecule has 0 saturated heterocycles. The average molecular weight is 225 g/mol. The van der Waals surface area contributed by atoms with Crippen molar-refractivity contribution < 1.29 is 9.53 Å². The zero-order valence-corrected chi connectivity index (χ0v) is 10.2. The minimum atomic E-state index is -0.669. The van der Waals surface area contributed by atoms with Crippen molar-refractivity contribution in [3.05, 3.63) is 0 Å². The molecule has 2 aliphatic carbocycles. The summed E-state index contributed by atoms with van der Waals surface area (Å²) in [5.74, 6) is 0.353. The summed E-state index contributed by atoms with van der Waals surface area (Å²) in [6.45, 7) is 2.18. The molecule has 2 fully saturated rings. The summed E-state index contributed by atoms with van der Waals surface area (Å²) in [4.78, 5) is 12.0. The first-order chi connectivity index (χ1) is 7.62. The van der Waals surface area contributed by atoms with Crippen molar-refractivity contribution in [1.82, 2.24) is 0 Å². The first-order valence-electron chi connectivity index (χ1n) is 6.62. The largest absolute Gasteiger partial charge is 0.461 e. The standard InChI is InChI=1S/C13H23NO2/c1-10-6-2-3-7-11(10)16-12(15)13(14)8-4-5-9-13/h10-11H,2-9,14H2,1H3. The molecular formula is C13H23NO2. The molecule has 2 rings (SSSR count). The van der Waals surface area contributed by atoms with E-state index in [9.17, 15) is 4.79 Å². The molecule has 0 radical (unpaired) electrons. The molecule has 2 unspecified atom stereocenters. The summed E-state index contributed by atoms with van der Waals surface area (Å²) in [6.07, 6.45) is 8.47. The Morgan fingerprint density at radius 2 is 1.81 bits per heavy atom. The minimum absolute atomic E-state index is 0.113. The Balaban J connectivity index is 1.90. The zero-order chi connectivity index (χ0) is 11.6. The fourth-order valence-corrected chi connectivity index (χ4v) is 2.92. The lowest BCUT2D eigenvalue weighted by Gasteiger charge is -2.31. The summed E-state index contributed by atoms with van der Waals surface area (Å²) in [5.41, 5.74) is 5.42. The average Bonchev–Trinajstić information content (AvgIpc) is 2.70. The monoisotopic (exact) mass is 225 g/mol. The molecule has 0 aliphatic heterocycles. The van der Waals surface area contributed by atoms with Crippen molar-refractivity contribution in [3.63, 3.8) is 0 Å². The number of carbonyl (C=O) groups excluding carboxylic acids is 1. The second-order valence-corrected chi connectivity index (χ2v) is 5.57. The van der Waals surface area contributed by atoms with Crippen molar-refractivity contribution in [2.45, 2.75) is 69.9 Å². The van der Waals surface area contributed by atoms with Crippen LogP contribution in [0.4, 0.5) is 0 Å². The molecule has 3 heteroatoms. The molecule has 2 N–H and O–H groups in total. The Morgan fingerprint density at radius 1 is 1.19 bits per heavy atom. The van der Waals surface area contributed by atoms with Crippen LogP contribution >= 0.6 is 0 Å². The number of ether oxygens (including phenoxy) is 1. The van der Waals surface area contributed by atoms with E-state index in [1.165, 1.54) is 19.3 Å². The van der Waals surface area contributed by atoms with Gasteiger partial charge in [0.05, 0.1) is 0 Å². The quantitative estimate of drug-likeness (QED) is 0.734. The Labute approximate surface area is 97.7 Å². The third kappa shape index (κ3) is 2.40. The van der Waals surface area contributed by atoms with E-state index in [2.05, 4.69) is 6.92 Å². The smallest absolute Gasteiger partial charge is 0.326 e. The van der Waals surface area contributed by atoms with Crippen LogP contribution in [0, 0.1) is 5.92 Å². The molecule has 0 spiro atoms. The molecule has 0 aromatic heterocycles. The van der Waals surface area contributed by atoms with Crippen LogP contribution in [0.1, 0.15) is 58.3 Å². The van der Waals surface area contributed by atoms with Gasteiger partial charge in [-0.25, -0.2) is 0 Å². The van der Waals surface area contributed by atoms with Gasteiger partial charge in [0.25, 0.3) is 0 Å². The first-order valence-corrected chi connectivity index (χ1v) is 6.62. The second kappa shape index (κ2) is 4.74. The van der Waals surface area contributed by atoms with Gasteiger partial charge in [-0.2, -0.15) is 0 Å². The SMILES string of the molecule is CC1CCCCC1OC(=O)C1(N)CCCC1. The molecule has 92 valence electrons. The van der Waals surface area contributed by atoms with Crippen LogP contribution in [0.25, 0.3) is 0 Å². The third-order valence-electron chi connectivity index (χ3n) is 4.19. The molecule has 0 heterocycles. The highest BCUT2D eigenvalue weighted by Gasteiger charge is 2.40. The van der Waals surface area contributed by atoms with Crippen molar-refractivity contribution >= 4 is 5.97 Å². The number of esters is 1. The normalized spacial score (nSPS) is 33.6. The predicted molar refractivity (Wildman–Crippen MR) is 62.9 cm³/mol. The highest BCUT2D eigenvalue weighted by molar-refractivity contribution is 5.81. The summed E-state index contributed by atoms with van der Waals surface area (Å²) in [5, 5.41) is 0. The van der Waals surface area contributed by atoms with Crippen molar-refractivity contribution in [2.24, 2.45) is 11.7 Å². The third-order valence-corrected chi connectivity index (χ3v) is 4.19. The van der Waals surface area contributed by atoms with Crippen LogP contribution in [-0.2, 0) is 9.53 Å². The number of hydrogen-bond donors (Lipinski definition) is 1. The molecule has 0 aromatic rings. The fourth-order valence-electron chi connectivity index (χ4n) is 2.92. The van der Waals surface area contributed by atoms with Crippen LogP contribution in [0.5, 0.6) is 0 Å². The molecule has 2 atom stereocenters. The van der Waals surface area contributed by atoms with Crippen LogP contribution in [0.15, 0.2) is 0 Å². The highest BCUT2D eigenvalue weighted by Crippen LogP contribution is 2.32. The molecule has 0 aromatic carbocycles.